The Hall–Kier alpha value is -4.66. The summed E-state index contributed by atoms with van der Waals surface area (Å²) in [5.74, 6) is -1.11. The van der Waals surface area contributed by atoms with Gasteiger partial charge in [0.2, 0.25) is 0 Å². The van der Waals surface area contributed by atoms with Crippen molar-refractivity contribution in [3.8, 4) is 22.6 Å². The minimum absolute atomic E-state index is 0.0623. The molecule has 4 aromatic rings. The van der Waals surface area contributed by atoms with Crippen molar-refractivity contribution in [2.75, 3.05) is 7.11 Å². The number of nitrogens with one attached hydrogen (secondary N) is 1. The van der Waals surface area contributed by atoms with E-state index in [1.165, 1.54) is 55.6 Å². The van der Waals surface area contributed by atoms with E-state index in [2.05, 4.69) is 5.32 Å². The molecule has 1 N–H and O–H groups in total. The van der Waals surface area contributed by atoms with E-state index in [4.69, 9.17) is 9.47 Å². The number of amides is 1. The predicted octanol–water partition coefficient (Wildman–Crippen LogP) is 7.58. The number of esters is 1. The highest BCUT2D eigenvalue weighted by molar-refractivity contribution is 5.98. The van der Waals surface area contributed by atoms with Crippen molar-refractivity contribution in [2.24, 2.45) is 0 Å². The fraction of sp³-hybridized carbons (Fsp3) is 0.133. The maximum Gasteiger partial charge on any atom is 0.416 e. The first-order valence-corrected chi connectivity index (χ1v) is 11.8. The van der Waals surface area contributed by atoms with E-state index in [0.29, 0.717) is 16.7 Å². The third-order valence-electron chi connectivity index (χ3n) is 5.97. The summed E-state index contributed by atoms with van der Waals surface area (Å²) in [6.45, 7) is 1.74. The van der Waals surface area contributed by atoms with Crippen molar-refractivity contribution < 1.29 is 36.6 Å². The topological polar surface area (TPSA) is 64.6 Å². The van der Waals surface area contributed by atoms with E-state index in [1.807, 2.05) is 0 Å². The van der Waals surface area contributed by atoms with E-state index in [-0.39, 0.29) is 22.6 Å². The van der Waals surface area contributed by atoms with Crippen LogP contribution >= 0.6 is 0 Å². The van der Waals surface area contributed by atoms with E-state index in [1.54, 1.807) is 37.3 Å². The Labute approximate surface area is 222 Å². The number of carbonyl (C=O) groups excluding carboxylic acids is 2. The van der Waals surface area contributed by atoms with Crippen LogP contribution in [0.1, 0.15) is 44.8 Å². The fourth-order valence-electron chi connectivity index (χ4n) is 3.86. The Kier molecular flexibility index (Phi) is 7.99. The summed E-state index contributed by atoms with van der Waals surface area (Å²) >= 11 is 0. The monoisotopic (exact) mass is 537 g/mol. The largest absolute Gasteiger partial charge is 0.465 e. The number of rotatable bonds is 7. The number of benzene rings is 4. The molecule has 0 aliphatic heterocycles. The van der Waals surface area contributed by atoms with Gasteiger partial charge in [-0.2, -0.15) is 13.2 Å². The van der Waals surface area contributed by atoms with Crippen LogP contribution in [0.4, 0.5) is 17.6 Å². The summed E-state index contributed by atoms with van der Waals surface area (Å²) in [7, 11) is 1.28. The molecule has 4 aromatic carbocycles. The Balaban J connectivity index is 1.67. The van der Waals surface area contributed by atoms with Crippen LogP contribution in [0, 0.1) is 5.82 Å². The van der Waals surface area contributed by atoms with Gasteiger partial charge in [-0.1, -0.05) is 30.3 Å². The molecule has 0 aliphatic rings. The molecule has 9 heteroatoms. The van der Waals surface area contributed by atoms with Gasteiger partial charge in [-0.3, -0.25) is 4.79 Å². The molecule has 0 radical (unpaired) electrons. The molecule has 0 heterocycles. The van der Waals surface area contributed by atoms with Crippen molar-refractivity contribution in [2.45, 2.75) is 19.1 Å². The van der Waals surface area contributed by atoms with Crippen LogP contribution < -0.4 is 10.1 Å². The second-order valence-corrected chi connectivity index (χ2v) is 8.65. The highest BCUT2D eigenvalue weighted by Crippen LogP contribution is 2.35. The predicted molar refractivity (Wildman–Crippen MR) is 137 cm³/mol. The van der Waals surface area contributed by atoms with Crippen molar-refractivity contribution in [1.82, 2.24) is 5.32 Å². The normalized spacial score (nSPS) is 11.9. The molecule has 0 spiro atoms. The summed E-state index contributed by atoms with van der Waals surface area (Å²) < 4.78 is 63.7. The Morgan fingerprint density at radius 2 is 1.51 bits per heavy atom. The van der Waals surface area contributed by atoms with Gasteiger partial charge in [-0.25, -0.2) is 9.18 Å². The molecule has 4 rings (SSSR count). The van der Waals surface area contributed by atoms with Crippen molar-refractivity contribution in [3.05, 3.63) is 119 Å². The molecule has 0 saturated heterocycles. The number of hydrogen-bond donors (Lipinski definition) is 1. The molecule has 1 atom stereocenters. The average Bonchev–Trinajstić information content (AvgIpc) is 2.93. The minimum Gasteiger partial charge on any atom is -0.465 e. The number of carbonyl (C=O) groups is 2. The average molecular weight is 538 g/mol. The number of hydrogen-bond acceptors (Lipinski definition) is 4. The zero-order valence-electron chi connectivity index (χ0n) is 20.9. The molecule has 0 aromatic heterocycles. The Morgan fingerprint density at radius 1 is 0.846 bits per heavy atom. The van der Waals surface area contributed by atoms with E-state index < -0.39 is 35.5 Å². The van der Waals surface area contributed by atoms with Crippen LogP contribution in [0.5, 0.6) is 11.5 Å². The van der Waals surface area contributed by atoms with Gasteiger partial charge >= 0.3 is 12.1 Å². The second kappa shape index (κ2) is 11.4. The van der Waals surface area contributed by atoms with Crippen molar-refractivity contribution in [3.63, 3.8) is 0 Å². The number of ether oxygens (including phenoxy) is 2. The lowest BCUT2D eigenvalue weighted by Crippen LogP contribution is -2.27. The zero-order valence-corrected chi connectivity index (χ0v) is 20.9. The van der Waals surface area contributed by atoms with Gasteiger partial charge in [-0.15, -0.1) is 0 Å². The quantitative estimate of drug-likeness (QED) is 0.195. The summed E-state index contributed by atoms with van der Waals surface area (Å²) in [5.41, 5.74) is 0.926. The van der Waals surface area contributed by atoms with Crippen LogP contribution in [0.15, 0.2) is 91.0 Å². The minimum atomic E-state index is -4.53. The third kappa shape index (κ3) is 6.62. The molecule has 1 amide bonds. The summed E-state index contributed by atoms with van der Waals surface area (Å²) in [6, 6.07) is 20.4. The van der Waals surface area contributed by atoms with Crippen LogP contribution in [0.25, 0.3) is 11.1 Å². The summed E-state index contributed by atoms with van der Waals surface area (Å²) in [5, 5.41) is 2.85. The molecule has 0 bridgehead atoms. The van der Waals surface area contributed by atoms with Gasteiger partial charge in [0.25, 0.3) is 5.91 Å². The Bertz CT molecular complexity index is 1480. The standard InChI is InChI=1S/C30H23F4NO4/c1-18(19-6-8-20(9-7-19)29(37)38-2)35-28(36)26-17-22(21-4-3-5-23(16-21)30(32,33)34)10-15-27(26)39-25-13-11-24(31)12-14-25/h3-18H,1-2H3,(H,35,36)/t18-/m1/s1. The Morgan fingerprint density at radius 3 is 2.15 bits per heavy atom. The first-order chi connectivity index (χ1) is 18.5. The van der Waals surface area contributed by atoms with Gasteiger partial charge in [0.15, 0.2) is 0 Å². The van der Waals surface area contributed by atoms with Gasteiger partial charge < -0.3 is 14.8 Å². The fourth-order valence-corrected chi connectivity index (χ4v) is 3.86. The van der Waals surface area contributed by atoms with Gasteiger partial charge in [0.05, 0.1) is 29.8 Å². The van der Waals surface area contributed by atoms with Crippen molar-refractivity contribution in [1.29, 1.82) is 0 Å². The van der Waals surface area contributed by atoms with E-state index in [9.17, 15) is 27.2 Å². The van der Waals surface area contributed by atoms with E-state index in [0.717, 1.165) is 12.1 Å². The van der Waals surface area contributed by atoms with Crippen molar-refractivity contribution >= 4 is 11.9 Å². The lowest BCUT2D eigenvalue weighted by Gasteiger charge is -2.18. The number of halogens is 4. The number of methoxy groups -OCH3 is 1. The van der Waals surface area contributed by atoms with Crippen LogP contribution in [0.2, 0.25) is 0 Å². The summed E-state index contributed by atoms with van der Waals surface area (Å²) in [6.07, 6.45) is -4.53. The van der Waals surface area contributed by atoms with Crippen LogP contribution in [-0.4, -0.2) is 19.0 Å². The maximum absolute atomic E-state index is 13.4. The molecule has 0 saturated carbocycles. The van der Waals surface area contributed by atoms with E-state index >= 15 is 0 Å². The molecule has 5 nitrogen and oxygen atoms in total. The first-order valence-electron chi connectivity index (χ1n) is 11.8. The van der Waals surface area contributed by atoms with Gasteiger partial charge in [0.1, 0.15) is 17.3 Å². The molecule has 0 aliphatic carbocycles. The highest BCUT2D eigenvalue weighted by atomic mass is 19.4. The molecule has 39 heavy (non-hydrogen) atoms. The first kappa shape index (κ1) is 27.4. The molecule has 200 valence electrons. The highest BCUT2D eigenvalue weighted by Gasteiger charge is 2.30. The maximum atomic E-state index is 13.4. The SMILES string of the molecule is COC(=O)c1ccc([C@@H](C)NC(=O)c2cc(-c3cccc(C(F)(F)F)c3)ccc2Oc2ccc(F)cc2)cc1. The smallest absolute Gasteiger partial charge is 0.416 e. The third-order valence-corrected chi connectivity index (χ3v) is 5.97. The lowest BCUT2D eigenvalue weighted by atomic mass is 9.99. The molecular formula is C30H23F4NO4. The van der Waals surface area contributed by atoms with Crippen LogP contribution in [-0.2, 0) is 10.9 Å². The summed E-state index contributed by atoms with van der Waals surface area (Å²) in [4.78, 5) is 25.1. The number of alkyl halides is 3. The second-order valence-electron chi connectivity index (χ2n) is 8.65. The zero-order chi connectivity index (χ0) is 28.2. The van der Waals surface area contributed by atoms with Crippen LogP contribution in [0.3, 0.4) is 0 Å². The lowest BCUT2D eigenvalue weighted by molar-refractivity contribution is -0.137. The van der Waals surface area contributed by atoms with Gasteiger partial charge in [-0.05, 0) is 84.3 Å². The molecule has 0 fully saturated rings. The molecular weight excluding hydrogens is 514 g/mol. The van der Waals surface area contributed by atoms with Gasteiger partial charge in [0, 0.05) is 0 Å². The molecule has 0 unspecified atom stereocenters.